The van der Waals surface area contributed by atoms with E-state index in [2.05, 4.69) is 0 Å². The molecule has 1 aliphatic rings. The van der Waals surface area contributed by atoms with Gasteiger partial charge in [0.2, 0.25) is 0 Å². The SMILES string of the molecule is CC1(C)c2cc(OC[C@@H](O)[C@H](O)CO)ccc2C(=O)c2c1oc1cc(OCCO)ccc21. The number of hydrogen-bond acceptors (Lipinski definition) is 8. The van der Waals surface area contributed by atoms with Crippen molar-refractivity contribution in [3.63, 3.8) is 0 Å². The van der Waals surface area contributed by atoms with E-state index in [0.29, 0.717) is 39.4 Å². The van der Waals surface area contributed by atoms with E-state index in [1.54, 1.807) is 36.4 Å². The van der Waals surface area contributed by atoms with Gasteiger partial charge in [0.15, 0.2) is 5.78 Å². The number of aliphatic hydroxyl groups excluding tert-OH is 4. The lowest BCUT2D eigenvalue weighted by Crippen LogP contribution is -2.34. The van der Waals surface area contributed by atoms with Crippen LogP contribution in [-0.2, 0) is 5.41 Å². The summed E-state index contributed by atoms with van der Waals surface area (Å²) in [6.07, 6.45) is -2.54. The van der Waals surface area contributed by atoms with Gasteiger partial charge in [-0.25, -0.2) is 0 Å². The molecule has 1 aromatic heterocycles. The van der Waals surface area contributed by atoms with Crippen molar-refractivity contribution >= 4 is 16.8 Å². The second kappa shape index (κ2) is 8.55. The molecule has 0 radical (unpaired) electrons. The fourth-order valence-electron chi connectivity index (χ4n) is 4.00. The zero-order chi connectivity index (χ0) is 23.0. The summed E-state index contributed by atoms with van der Waals surface area (Å²) in [5.41, 5.74) is 1.65. The van der Waals surface area contributed by atoms with Crippen LogP contribution in [0.1, 0.15) is 41.1 Å². The summed E-state index contributed by atoms with van der Waals surface area (Å²) >= 11 is 0. The smallest absolute Gasteiger partial charge is 0.197 e. The highest BCUT2D eigenvalue weighted by molar-refractivity contribution is 6.19. The first kappa shape index (κ1) is 22.3. The Morgan fingerprint density at radius 1 is 1.00 bits per heavy atom. The number of aliphatic hydroxyl groups is 4. The second-order valence-electron chi connectivity index (χ2n) is 8.33. The summed E-state index contributed by atoms with van der Waals surface area (Å²) < 4.78 is 17.2. The first-order valence-corrected chi connectivity index (χ1v) is 10.4. The summed E-state index contributed by atoms with van der Waals surface area (Å²) in [5.74, 6) is 1.35. The van der Waals surface area contributed by atoms with Gasteiger partial charge in [0.1, 0.15) is 48.3 Å². The average molecular weight is 442 g/mol. The molecular formula is C24H26O8. The van der Waals surface area contributed by atoms with Crippen molar-refractivity contribution in [2.24, 2.45) is 0 Å². The minimum atomic E-state index is -1.30. The van der Waals surface area contributed by atoms with Gasteiger partial charge < -0.3 is 34.3 Å². The van der Waals surface area contributed by atoms with Gasteiger partial charge in [-0.15, -0.1) is 0 Å². The zero-order valence-corrected chi connectivity index (χ0v) is 17.9. The predicted molar refractivity (Wildman–Crippen MR) is 115 cm³/mol. The fraction of sp³-hybridized carbons (Fsp3) is 0.375. The molecule has 0 unspecified atom stereocenters. The molecule has 0 saturated heterocycles. The summed E-state index contributed by atoms with van der Waals surface area (Å²) in [5, 5.41) is 37.9. The van der Waals surface area contributed by atoms with E-state index in [-0.39, 0.29) is 25.6 Å². The summed E-state index contributed by atoms with van der Waals surface area (Å²) in [6, 6.07) is 10.3. The summed E-state index contributed by atoms with van der Waals surface area (Å²) in [7, 11) is 0. The van der Waals surface area contributed by atoms with Gasteiger partial charge in [0, 0.05) is 22.4 Å². The quantitative estimate of drug-likeness (QED) is 0.415. The minimum absolute atomic E-state index is 0.103. The number of ketones is 1. The highest BCUT2D eigenvalue weighted by Crippen LogP contribution is 2.46. The lowest BCUT2D eigenvalue weighted by molar-refractivity contribution is -0.0339. The molecule has 4 rings (SSSR count). The maximum Gasteiger partial charge on any atom is 0.197 e. The number of rotatable bonds is 8. The van der Waals surface area contributed by atoms with Crippen LogP contribution >= 0.6 is 0 Å². The number of fused-ring (bicyclic) bond motifs is 4. The Hall–Kier alpha value is -2.91. The molecule has 0 saturated carbocycles. The van der Waals surface area contributed by atoms with E-state index < -0.39 is 24.2 Å². The van der Waals surface area contributed by atoms with Crippen molar-refractivity contribution in [1.29, 1.82) is 0 Å². The van der Waals surface area contributed by atoms with Gasteiger partial charge in [-0.05, 0) is 49.7 Å². The van der Waals surface area contributed by atoms with Crippen molar-refractivity contribution < 1.29 is 39.1 Å². The molecule has 0 fully saturated rings. The Morgan fingerprint density at radius 3 is 2.44 bits per heavy atom. The van der Waals surface area contributed by atoms with Crippen molar-refractivity contribution in [1.82, 2.24) is 0 Å². The number of ether oxygens (including phenoxy) is 2. The molecule has 4 N–H and O–H groups in total. The normalized spacial score (nSPS) is 16.4. The third kappa shape index (κ3) is 3.75. The van der Waals surface area contributed by atoms with Gasteiger partial charge in [-0.2, -0.15) is 0 Å². The minimum Gasteiger partial charge on any atom is -0.491 e. The topological polar surface area (TPSA) is 130 Å². The molecule has 3 aromatic rings. The van der Waals surface area contributed by atoms with E-state index in [9.17, 15) is 15.0 Å². The predicted octanol–water partition coefficient (Wildman–Crippen LogP) is 1.77. The third-order valence-electron chi connectivity index (χ3n) is 5.78. The van der Waals surface area contributed by atoms with Crippen LogP contribution in [0.5, 0.6) is 11.5 Å². The van der Waals surface area contributed by atoms with E-state index >= 15 is 0 Å². The molecule has 0 spiro atoms. The molecule has 0 aliphatic heterocycles. The average Bonchev–Trinajstić information content (AvgIpc) is 3.19. The van der Waals surface area contributed by atoms with Gasteiger partial charge in [-0.1, -0.05) is 0 Å². The second-order valence-corrected chi connectivity index (χ2v) is 8.33. The number of furan rings is 1. The standard InChI is InChI=1S/C24H26O8/c1-24(2)17-9-13(31-12-19(28)18(27)11-26)3-5-15(17)22(29)21-16-6-4-14(30-8-7-25)10-20(16)32-23(21)24/h3-6,9-10,18-19,25-28H,7-8,11-12H2,1-2H3/t18-,19-/m1/s1. The van der Waals surface area contributed by atoms with Crippen LogP contribution < -0.4 is 9.47 Å². The van der Waals surface area contributed by atoms with Crippen molar-refractivity contribution in [3.8, 4) is 11.5 Å². The van der Waals surface area contributed by atoms with Gasteiger partial charge >= 0.3 is 0 Å². The van der Waals surface area contributed by atoms with Gasteiger partial charge in [0.25, 0.3) is 0 Å². The van der Waals surface area contributed by atoms with Crippen LogP contribution in [0, 0.1) is 0 Å². The Bertz CT molecular complexity index is 1150. The van der Waals surface area contributed by atoms with E-state index in [4.69, 9.17) is 24.1 Å². The molecule has 0 bridgehead atoms. The Labute approximate surface area is 184 Å². The molecule has 2 aromatic carbocycles. The largest absolute Gasteiger partial charge is 0.491 e. The lowest BCUT2D eigenvalue weighted by Gasteiger charge is -2.31. The molecule has 8 nitrogen and oxygen atoms in total. The molecule has 170 valence electrons. The van der Waals surface area contributed by atoms with E-state index in [1.807, 2.05) is 13.8 Å². The molecule has 1 aliphatic carbocycles. The van der Waals surface area contributed by atoms with Gasteiger partial charge in [-0.3, -0.25) is 4.79 Å². The molecular weight excluding hydrogens is 416 g/mol. The molecule has 8 heteroatoms. The van der Waals surface area contributed by atoms with E-state index in [1.165, 1.54) is 0 Å². The van der Waals surface area contributed by atoms with Crippen molar-refractivity contribution in [2.45, 2.75) is 31.5 Å². The number of carbonyl (C=O) groups excluding carboxylic acids is 1. The van der Waals surface area contributed by atoms with Crippen molar-refractivity contribution in [3.05, 3.63) is 58.8 Å². The first-order chi connectivity index (χ1) is 15.3. The molecule has 2 atom stereocenters. The van der Waals surface area contributed by atoms with Gasteiger partial charge in [0.05, 0.1) is 18.8 Å². The fourth-order valence-corrected chi connectivity index (χ4v) is 4.00. The highest BCUT2D eigenvalue weighted by atomic mass is 16.5. The maximum atomic E-state index is 13.4. The molecule has 0 amide bonds. The summed E-state index contributed by atoms with van der Waals surface area (Å²) in [6.45, 7) is 3.19. The summed E-state index contributed by atoms with van der Waals surface area (Å²) in [4.78, 5) is 13.4. The Balaban J connectivity index is 1.70. The Morgan fingerprint density at radius 2 is 1.72 bits per heavy atom. The number of hydrogen-bond donors (Lipinski definition) is 4. The number of benzene rings is 2. The van der Waals surface area contributed by atoms with Crippen molar-refractivity contribution in [2.75, 3.05) is 26.4 Å². The third-order valence-corrected chi connectivity index (χ3v) is 5.78. The van der Waals surface area contributed by atoms with E-state index in [0.717, 1.165) is 5.56 Å². The molecule has 1 heterocycles. The number of carbonyl (C=O) groups is 1. The monoisotopic (exact) mass is 442 g/mol. The van der Waals surface area contributed by atoms with Crippen LogP contribution in [0.25, 0.3) is 11.0 Å². The van der Waals surface area contributed by atoms with Crippen LogP contribution in [0.2, 0.25) is 0 Å². The molecule has 32 heavy (non-hydrogen) atoms. The van der Waals surface area contributed by atoms with Crippen LogP contribution in [0.15, 0.2) is 40.8 Å². The lowest BCUT2D eigenvalue weighted by atomic mass is 9.71. The van der Waals surface area contributed by atoms with Crippen LogP contribution in [0.3, 0.4) is 0 Å². The Kier molecular flexibility index (Phi) is 5.96. The zero-order valence-electron chi connectivity index (χ0n) is 17.9. The first-order valence-electron chi connectivity index (χ1n) is 10.4. The van der Waals surface area contributed by atoms with Crippen LogP contribution in [0.4, 0.5) is 0 Å². The maximum absolute atomic E-state index is 13.4. The highest BCUT2D eigenvalue weighted by Gasteiger charge is 2.41. The van der Waals surface area contributed by atoms with Crippen LogP contribution in [-0.4, -0.2) is 64.8 Å².